The van der Waals surface area contributed by atoms with Crippen molar-refractivity contribution in [2.24, 2.45) is 11.3 Å². The number of hydrogen-bond donors (Lipinski definition) is 1. The zero-order chi connectivity index (χ0) is 18.4. The van der Waals surface area contributed by atoms with Crippen molar-refractivity contribution < 1.29 is 31.7 Å². The number of carbonyl (C=O) groups excluding carboxylic acids is 2. The first kappa shape index (κ1) is 18.3. The smallest absolute Gasteiger partial charge is 0.333 e. The van der Waals surface area contributed by atoms with Crippen molar-refractivity contribution in [1.82, 2.24) is 5.32 Å². The van der Waals surface area contributed by atoms with Crippen LogP contribution in [0.4, 0.5) is 0 Å². The average Bonchev–Trinajstić information content (AvgIpc) is 3.03. The largest absolute Gasteiger partial charge is 0.460 e. The first-order chi connectivity index (χ1) is 11.6. The molecule has 3 fully saturated rings. The highest BCUT2D eigenvalue weighted by Crippen LogP contribution is 2.62. The average molecular weight is 373 g/mol. The molecule has 0 aromatic heterocycles. The lowest BCUT2D eigenvalue weighted by atomic mass is 9.82. The van der Waals surface area contributed by atoms with Crippen LogP contribution in [0.15, 0.2) is 12.2 Å². The molecule has 1 heterocycles. The van der Waals surface area contributed by atoms with Crippen LogP contribution >= 0.6 is 0 Å². The third kappa shape index (κ3) is 3.20. The number of nitrogens with one attached hydrogen (secondary N) is 1. The van der Waals surface area contributed by atoms with Gasteiger partial charge in [0.1, 0.15) is 19.3 Å². The van der Waals surface area contributed by atoms with Crippen LogP contribution in [0.25, 0.3) is 0 Å². The summed E-state index contributed by atoms with van der Waals surface area (Å²) >= 11 is 0. The molecule has 5 unspecified atom stereocenters. The fourth-order valence-corrected chi connectivity index (χ4v) is 6.35. The van der Waals surface area contributed by atoms with E-state index in [4.69, 9.17) is 13.7 Å². The van der Waals surface area contributed by atoms with E-state index in [9.17, 15) is 18.0 Å². The van der Waals surface area contributed by atoms with Crippen LogP contribution < -0.4 is 5.32 Å². The van der Waals surface area contributed by atoms with Gasteiger partial charge in [-0.3, -0.25) is 8.98 Å². The van der Waals surface area contributed by atoms with E-state index in [1.807, 2.05) is 6.92 Å². The number of rotatable bonds is 7. The molecule has 0 radical (unpaired) electrons. The highest BCUT2D eigenvalue weighted by molar-refractivity contribution is 7.87. The van der Waals surface area contributed by atoms with Gasteiger partial charge in [-0.05, 0) is 25.7 Å². The van der Waals surface area contributed by atoms with Gasteiger partial charge in [0, 0.05) is 11.0 Å². The molecule has 5 atom stereocenters. The summed E-state index contributed by atoms with van der Waals surface area (Å²) in [6.45, 7) is 6.96. The summed E-state index contributed by atoms with van der Waals surface area (Å²) in [5.74, 6) is -0.756. The van der Waals surface area contributed by atoms with E-state index in [1.165, 1.54) is 0 Å². The maximum Gasteiger partial charge on any atom is 0.333 e. The van der Waals surface area contributed by atoms with Gasteiger partial charge in [0.05, 0.1) is 17.9 Å². The number of carbonyl (C=O) groups is 2. The quantitative estimate of drug-likeness (QED) is 0.292. The Morgan fingerprint density at radius 2 is 2.12 bits per heavy atom. The molecule has 2 bridgehead atoms. The van der Waals surface area contributed by atoms with Crippen molar-refractivity contribution in [3.8, 4) is 0 Å². The minimum absolute atomic E-state index is 0.0488. The standard InChI is InChI=1S/C16H23NO7S/c1-9(2)15(19)22-5-4-17-12(18)8-23-13-10-6-11-16(3,7-10)14(13)24-25(11,20)21/h10-11,13-14H,1,4-8H2,2-3H3,(H,17,18). The Labute approximate surface area is 147 Å². The van der Waals surface area contributed by atoms with E-state index < -0.39 is 32.9 Å². The second-order valence-corrected chi connectivity index (χ2v) is 8.99. The Morgan fingerprint density at radius 1 is 1.40 bits per heavy atom. The van der Waals surface area contributed by atoms with Gasteiger partial charge in [0.15, 0.2) is 0 Å². The van der Waals surface area contributed by atoms with Crippen LogP contribution in [0.3, 0.4) is 0 Å². The second-order valence-electron chi connectivity index (χ2n) is 7.25. The monoisotopic (exact) mass is 373 g/mol. The molecule has 1 amide bonds. The molecule has 1 aliphatic heterocycles. The molecule has 140 valence electrons. The number of fused-ring (bicyclic) bond motifs is 1. The van der Waals surface area contributed by atoms with E-state index >= 15 is 0 Å². The molecular weight excluding hydrogens is 350 g/mol. The van der Waals surface area contributed by atoms with Gasteiger partial charge in [-0.15, -0.1) is 0 Å². The molecule has 1 N–H and O–H groups in total. The zero-order valence-corrected chi connectivity index (χ0v) is 15.1. The van der Waals surface area contributed by atoms with Crippen LogP contribution in [0, 0.1) is 11.3 Å². The van der Waals surface area contributed by atoms with Crippen LogP contribution in [0.2, 0.25) is 0 Å². The fraction of sp³-hybridized carbons (Fsp3) is 0.750. The first-order valence-corrected chi connectivity index (χ1v) is 9.75. The van der Waals surface area contributed by atoms with Crippen molar-refractivity contribution in [1.29, 1.82) is 0 Å². The van der Waals surface area contributed by atoms with Gasteiger partial charge in [-0.25, -0.2) is 4.79 Å². The maximum atomic E-state index is 12.0. The first-order valence-electron chi connectivity index (χ1n) is 8.28. The third-order valence-corrected chi connectivity index (χ3v) is 7.27. The van der Waals surface area contributed by atoms with E-state index in [0.29, 0.717) is 12.0 Å². The van der Waals surface area contributed by atoms with Crippen molar-refractivity contribution in [2.45, 2.75) is 44.1 Å². The molecule has 0 aromatic rings. The third-order valence-electron chi connectivity index (χ3n) is 5.37. The summed E-state index contributed by atoms with van der Waals surface area (Å²) < 4.78 is 39.9. The van der Waals surface area contributed by atoms with Crippen molar-refractivity contribution >= 4 is 22.0 Å². The molecule has 2 aliphatic carbocycles. The van der Waals surface area contributed by atoms with Crippen LogP contribution in [-0.4, -0.2) is 57.5 Å². The van der Waals surface area contributed by atoms with E-state index in [1.54, 1.807) is 6.92 Å². The van der Waals surface area contributed by atoms with Crippen molar-refractivity contribution in [3.63, 3.8) is 0 Å². The van der Waals surface area contributed by atoms with Gasteiger partial charge < -0.3 is 14.8 Å². The van der Waals surface area contributed by atoms with Crippen LogP contribution in [0.5, 0.6) is 0 Å². The van der Waals surface area contributed by atoms with Gasteiger partial charge in [0.25, 0.3) is 10.1 Å². The summed E-state index contributed by atoms with van der Waals surface area (Å²) in [5, 5.41) is 2.13. The second kappa shape index (κ2) is 6.37. The van der Waals surface area contributed by atoms with Gasteiger partial charge in [-0.2, -0.15) is 8.42 Å². The molecule has 8 nitrogen and oxygen atoms in total. The maximum absolute atomic E-state index is 12.0. The Kier molecular flexibility index (Phi) is 4.67. The lowest BCUT2D eigenvalue weighted by Gasteiger charge is -2.30. The predicted octanol–water partition coefficient (Wildman–Crippen LogP) is 0.134. The molecule has 3 aliphatic rings. The minimum Gasteiger partial charge on any atom is -0.460 e. The van der Waals surface area contributed by atoms with Crippen molar-refractivity contribution in [2.75, 3.05) is 19.8 Å². The zero-order valence-electron chi connectivity index (χ0n) is 14.3. The van der Waals surface area contributed by atoms with E-state index in [-0.39, 0.29) is 37.7 Å². The molecule has 0 aromatic carbocycles. The highest BCUT2D eigenvalue weighted by Gasteiger charge is 2.71. The molecule has 3 rings (SSSR count). The topological polar surface area (TPSA) is 108 Å². The lowest BCUT2D eigenvalue weighted by Crippen LogP contribution is -2.43. The van der Waals surface area contributed by atoms with Crippen molar-refractivity contribution in [3.05, 3.63) is 12.2 Å². The highest BCUT2D eigenvalue weighted by atomic mass is 32.2. The summed E-state index contributed by atoms with van der Waals surface area (Å²) in [5.41, 5.74) is -0.120. The molecule has 1 saturated heterocycles. The summed E-state index contributed by atoms with van der Waals surface area (Å²) in [4.78, 5) is 23.0. The number of ether oxygens (including phenoxy) is 2. The van der Waals surface area contributed by atoms with Gasteiger partial charge in [0.2, 0.25) is 5.91 Å². The minimum atomic E-state index is -3.53. The molecule has 25 heavy (non-hydrogen) atoms. The Morgan fingerprint density at radius 3 is 2.80 bits per heavy atom. The van der Waals surface area contributed by atoms with Crippen LogP contribution in [0.1, 0.15) is 26.7 Å². The van der Waals surface area contributed by atoms with E-state index in [0.717, 1.165) is 6.42 Å². The molecular formula is C16H23NO7S. The SMILES string of the molecule is C=C(C)C(=O)OCCNC(=O)COC1C2CC3C(C)(C2)C1OS3(=O)=O. The predicted molar refractivity (Wildman–Crippen MR) is 86.9 cm³/mol. The molecule has 2 saturated carbocycles. The van der Waals surface area contributed by atoms with E-state index in [2.05, 4.69) is 11.9 Å². The summed E-state index contributed by atoms with van der Waals surface area (Å²) in [6.07, 6.45) is 0.375. The van der Waals surface area contributed by atoms with Gasteiger partial charge in [-0.1, -0.05) is 13.5 Å². The number of esters is 1. The lowest BCUT2D eigenvalue weighted by molar-refractivity contribution is -0.140. The Bertz CT molecular complexity index is 703. The molecule has 9 heteroatoms. The van der Waals surface area contributed by atoms with Gasteiger partial charge >= 0.3 is 5.97 Å². The summed E-state index contributed by atoms with van der Waals surface area (Å²) in [7, 11) is -3.53. The summed E-state index contributed by atoms with van der Waals surface area (Å²) in [6, 6.07) is 0. The fourth-order valence-electron chi connectivity index (χ4n) is 4.22. The number of amides is 1. The molecule has 0 spiro atoms. The Hall–Kier alpha value is -1.45. The Balaban J connectivity index is 1.44. The van der Waals surface area contributed by atoms with Crippen LogP contribution in [-0.2, 0) is 33.4 Å². The normalized spacial score (nSPS) is 37.0. The number of hydrogen-bond acceptors (Lipinski definition) is 7.